The van der Waals surface area contributed by atoms with E-state index in [0.717, 1.165) is 11.4 Å². The minimum atomic E-state index is 0.212. The third kappa shape index (κ3) is 2.98. The summed E-state index contributed by atoms with van der Waals surface area (Å²) in [5.41, 5.74) is 7.68. The number of aromatic nitrogens is 3. The number of ether oxygens (including phenoxy) is 1. The third-order valence-electron chi connectivity index (χ3n) is 2.18. The first kappa shape index (κ1) is 12.4. The summed E-state index contributed by atoms with van der Waals surface area (Å²) in [5, 5.41) is 0. The molecule has 0 aliphatic rings. The topological polar surface area (TPSA) is 73.9 Å². The highest BCUT2D eigenvalue weighted by atomic mass is 32.1. The van der Waals surface area contributed by atoms with Crippen LogP contribution in [0.2, 0.25) is 0 Å². The lowest BCUT2D eigenvalue weighted by Gasteiger charge is -2.06. The Bertz CT molecular complexity index is 583. The van der Waals surface area contributed by atoms with E-state index in [0.29, 0.717) is 11.4 Å². The number of nitrogens with zero attached hydrogens (tertiary/aromatic N) is 3. The molecule has 0 aliphatic carbocycles. The molecule has 0 amide bonds. The molecule has 0 radical (unpaired) electrons. The zero-order valence-corrected chi connectivity index (χ0v) is 10.9. The summed E-state index contributed by atoms with van der Waals surface area (Å²) in [4.78, 5) is 12.6. The Kier molecular flexibility index (Phi) is 3.47. The fourth-order valence-electron chi connectivity index (χ4n) is 1.33. The van der Waals surface area contributed by atoms with Crippen molar-refractivity contribution in [1.29, 1.82) is 0 Å². The largest absolute Gasteiger partial charge is 0.423 e. The Morgan fingerprint density at radius 2 is 2.00 bits per heavy atom. The average Bonchev–Trinajstić information content (AvgIpc) is 2.31. The molecule has 6 heteroatoms. The minimum absolute atomic E-state index is 0.212. The Morgan fingerprint density at radius 3 is 2.61 bits per heavy atom. The highest BCUT2D eigenvalue weighted by Gasteiger charge is 2.06. The average molecular weight is 260 g/mol. The summed E-state index contributed by atoms with van der Waals surface area (Å²) < 4.78 is 5.51. The van der Waals surface area contributed by atoms with Gasteiger partial charge in [-0.2, -0.15) is 4.98 Å². The second kappa shape index (κ2) is 5.05. The maximum Gasteiger partial charge on any atom is 0.322 e. The van der Waals surface area contributed by atoms with Crippen LogP contribution in [-0.4, -0.2) is 19.9 Å². The van der Waals surface area contributed by atoms with E-state index >= 15 is 0 Å². The van der Waals surface area contributed by atoms with Crippen LogP contribution >= 0.6 is 12.2 Å². The van der Waals surface area contributed by atoms with Gasteiger partial charge in [-0.05, 0) is 32.0 Å². The molecule has 0 aromatic carbocycles. The first-order chi connectivity index (χ1) is 8.54. The lowest BCUT2D eigenvalue weighted by molar-refractivity contribution is 0.438. The monoisotopic (exact) mass is 260 g/mol. The highest BCUT2D eigenvalue weighted by molar-refractivity contribution is 7.80. The molecule has 0 fully saturated rings. The SMILES string of the molecule is Cc1ccc(Oc2nc(C)cc(C(N)=S)n2)cn1. The van der Waals surface area contributed by atoms with E-state index < -0.39 is 0 Å². The lowest BCUT2D eigenvalue weighted by Crippen LogP contribution is -2.13. The summed E-state index contributed by atoms with van der Waals surface area (Å²) in [5.74, 6) is 0.570. The lowest BCUT2D eigenvalue weighted by atomic mass is 10.3. The molecule has 18 heavy (non-hydrogen) atoms. The number of hydrogen-bond donors (Lipinski definition) is 1. The highest BCUT2D eigenvalue weighted by Crippen LogP contribution is 2.17. The normalized spacial score (nSPS) is 10.1. The number of nitrogens with two attached hydrogens (primary N) is 1. The van der Waals surface area contributed by atoms with Crippen LogP contribution in [0.25, 0.3) is 0 Å². The van der Waals surface area contributed by atoms with Crippen molar-refractivity contribution in [3.63, 3.8) is 0 Å². The minimum Gasteiger partial charge on any atom is -0.423 e. The third-order valence-corrected chi connectivity index (χ3v) is 2.39. The van der Waals surface area contributed by atoms with Gasteiger partial charge in [0.15, 0.2) is 0 Å². The van der Waals surface area contributed by atoms with Crippen LogP contribution in [0, 0.1) is 13.8 Å². The molecule has 5 nitrogen and oxygen atoms in total. The molecule has 2 aromatic heterocycles. The van der Waals surface area contributed by atoms with Crippen LogP contribution in [0.15, 0.2) is 24.4 Å². The van der Waals surface area contributed by atoms with Crippen molar-refractivity contribution < 1.29 is 4.74 Å². The number of pyridine rings is 1. The van der Waals surface area contributed by atoms with Crippen molar-refractivity contribution in [2.75, 3.05) is 0 Å². The van der Waals surface area contributed by atoms with Crippen LogP contribution in [0.1, 0.15) is 17.1 Å². The Morgan fingerprint density at radius 1 is 1.22 bits per heavy atom. The van der Waals surface area contributed by atoms with E-state index in [1.54, 1.807) is 18.3 Å². The van der Waals surface area contributed by atoms with Crippen molar-refractivity contribution in [2.45, 2.75) is 13.8 Å². The molecule has 92 valence electrons. The first-order valence-electron chi connectivity index (χ1n) is 5.30. The maximum absolute atomic E-state index is 5.54. The molecule has 0 atom stereocenters. The number of hydrogen-bond acceptors (Lipinski definition) is 5. The molecule has 0 saturated heterocycles. The van der Waals surface area contributed by atoms with Crippen molar-refractivity contribution in [2.24, 2.45) is 5.73 Å². The van der Waals surface area contributed by atoms with Gasteiger partial charge in [-0.25, -0.2) is 4.98 Å². The van der Waals surface area contributed by atoms with E-state index in [2.05, 4.69) is 15.0 Å². The fourth-order valence-corrected chi connectivity index (χ4v) is 1.44. The van der Waals surface area contributed by atoms with E-state index in [1.165, 1.54) is 0 Å². The molecule has 2 N–H and O–H groups in total. The van der Waals surface area contributed by atoms with Crippen LogP contribution in [-0.2, 0) is 0 Å². The van der Waals surface area contributed by atoms with E-state index in [9.17, 15) is 0 Å². The predicted octanol–water partition coefficient (Wildman–Crippen LogP) is 1.91. The van der Waals surface area contributed by atoms with E-state index in [-0.39, 0.29) is 11.0 Å². The van der Waals surface area contributed by atoms with Crippen LogP contribution in [0.3, 0.4) is 0 Å². The second-order valence-electron chi connectivity index (χ2n) is 3.78. The number of rotatable bonds is 3. The standard InChI is InChI=1S/C12H12N4OS/c1-7-3-4-9(6-14-7)17-12-15-8(2)5-10(16-12)11(13)18/h3-6H,1-2H3,(H2,13,18). The van der Waals surface area contributed by atoms with Crippen LogP contribution in [0.5, 0.6) is 11.8 Å². The molecule has 2 aromatic rings. The van der Waals surface area contributed by atoms with Gasteiger partial charge in [0.1, 0.15) is 16.4 Å². The van der Waals surface area contributed by atoms with Gasteiger partial charge >= 0.3 is 6.01 Å². The van der Waals surface area contributed by atoms with Crippen molar-refractivity contribution in [1.82, 2.24) is 15.0 Å². The fraction of sp³-hybridized carbons (Fsp3) is 0.167. The summed E-state index contributed by atoms with van der Waals surface area (Å²) >= 11 is 4.88. The van der Waals surface area contributed by atoms with Gasteiger partial charge in [0, 0.05) is 11.4 Å². The summed E-state index contributed by atoms with van der Waals surface area (Å²) in [6.07, 6.45) is 1.61. The Labute approximate surface area is 110 Å². The molecule has 2 heterocycles. The predicted molar refractivity (Wildman–Crippen MR) is 71.7 cm³/mol. The molecule has 0 bridgehead atoms. The molecule has 0 saturated carbocycles. The smallest absolute Gasteiger partial charge is 0.322 e. The molecular weight excluding hydrogens is 248 g/mol. The quantitative estimate of drug-likeness (QED) is 0.850. The molecule has 0 spiro atoms. The van der Waals surface area contributed by atoms with Crippen LogP contribution < -0.4 is 10.5 Å². The van der Waals surface area contributed by atoms with Gasteiger partial charge in [-0.15, -0.1) is 0 Å². The molecular formula is C12H12N4OS. The van der Waals surface area contributed by atoms with Crippen LogP contribution in [0.4, 0.5) is 0 Å². The Hall–Kier alpha value is -2.08. The first-order valence-corrected chi connectivity index (χ1v) is 5.71. The molecule has 2 rings (SSSR count). The number of thiocarbonyl (C=S) groups is 1. The Balaban J connectivity index is 2.28. The zero-order chi connectivity index (χ0) is 13.1. The van der Waals surface area contributed by atoms with Gasteiger partial charge in [-0.3, -0.25) is 4.98 Å². The van der Waals surface area contributed by atoms with Crippen molar-refractivity contribution in [3.8, 4) is 11.8 Å². The van der Waals surface area contributed by atoms with E-state index in [1.807, 2.05) is 19.9 Å². The molecule has 0 aliphatic heterocycles. The van der Waals surface area contributed by atoms with Gasteiger partial charge in [-0.1, -0.05) is 12.2 Å². The van der Waals surface area contributed by atoms with Gasteiger partial charge < -0.3 is 10.5 Å². The van der Waals surface area contributed by atoms with Gasteiger partial charge in [0.2, 0.25) is 0 Å². The maximum atomic E-state index is 5.54. The second-order valence-corrected chi connectivity index (χ2v) is 4.22. The van der Waals surface area contributed by atoms with Gasteiger partial charge in [0.05, 0.1) is 6.20 Å². The summed E-state index contributed by atoms with van der Waals surface area (Å²) in [6, 6.07) is 5.57. The number of aryl methyl sites for hydroxylation is 2. The van der Waals surface area contributed by atoms with Crippen molar-refractivity contribution in [3.05, 3.63) is 41.5 Å². The summed E-state index contributed by atoms with van der Waals surface area (Å²) in [6.45, 7) is 3.72. The zero-order valence-electron chi connectivity index (χ0n) is 10.0. The van der Waals surface area contributed by atoms with Gasteiger partial charge in [0.25, 0.3) is 0 Å². The van der Waals surface area contributed by atoms with Crippen molar-refractivity contribution >= 4 is 17.2 Å². The molecule has 0 unspecified atom stereocenters. The van der Waals surface area contributed by atoms with E-state index in [4.69, 9.17) is 22.7 Å². The summed E-state index contributed by atoms with van der Waals surface area (Å²) in [7, 11) is 0.